The van der Waals surface area contributed by atoms with E-state index >= 15 is 0 Å². The predicted molar refractivity (Wildman–Crippen MR) is 127 cm³/mol. The summed E-state index contributed by atoms with van der Waals surface area (Å²) in [5.41, 5.74) is 4.87. The van der Waals surface area contributed by atoms with Crippen molar-refractivity contribution in [1.29, 1.82) is 0 Å². The molecule has 0 aromatic heterocycles. The van der Waals surface area contributed by atoms with Gasteiger partial charge in [-0.25, -0.2) is 4.79 Å². The Labute approximate surface area is 186 Å². The number of amides is 1. The molecule has 0 spiro atoms. The molecule has 1 amide bonds. The van der Waals surface area contributed by atoms with E-state index in [1.807, 2.05) is 39.0 Å². The standard InChI is InChI=1S/C27H34N2O2/c1-25(2,3)31-24(30)29-17-19(16-18-12-8-11-15-22(18)29)23-20-13-9-10-14-21(20)26(4,5)27(6,7)28-23/h8-15,19H,16-17H2,1-7H3. The summed E-state index contributed by atoms with van der Waals surface area (Å²) >= 11 is 0. The molecule has 2 heterocycles. The van der Waals surface area contributed by atoms with Gasteiger partial charge in [-0.05, 0) is 63.8 Å². The zero-order valence-corrected chi connectivity index (χ0v) is 19.8. The monoisotopic (exact) mass is 418 g/mol. The number of hydrogen-bond donors (Lipinski definition) is 0. The first-order valence-electron chi connectivity index (χ1n) is 11.2. The Balaban J connectivity index is 1.79. The molecule has 2 aromatic carbocycles. The van der Waals surface area contributed by atoms with E-state index in [-0.39, 0.29) is 23.0 Å². The number of hydrogen-bond acceptors (Lipinski definition) is 3. The maximum atomic E-state index is 13.1. The minimum Gasteiger partial charge on any atom is -0.443 e. The number of rotatable bonds is 1. The number of aliphatic imine (C=N–C) groups is 1. The second-order valence-electron chi connectivity index (χ2n) is 10.8. The quantitative estimate of drug-likeness (QED) is 0.556. The molecule has 31 heavy (non-hydrogen) atoms. The van der Waals surface area contributed by atoms with Crippen LogP contribution < -0.4 is 4.90 Å². The summed E-state index contributed by atoms with van der Waals surface area (Å²) in [6.07, 6.45) is 0.563. The first-order chi connectivity index (χ1) is 14.4. The maximum absolute atomic E-state index is 13.1. The van der Waals surface area contributed by atoms with E-state index in [9.17, 15) is 4.79 Å². The Morgan fingerprint density at radius 1 is 1.03 bits per heavy atom. The van der Waals surface area contributed by atoms with Crippen molar-refractivity contribution in [2.45, 2.75) is 71.4 Å². The minimum absolute atomic E-state index is 0.0788. The van der Waals surface area contributed by atoms with E-state index < -0.39 is 5.60 Å². The third-order valence-corrected chi connectivity index (χ3v) is 6.96. The third kappa shape index (κ3) is 3.77. The van der Waals surface area contributed by atoms with Crippen LogP contribution in [0.5, 0.6) is 0 Å². The number of carbonyl (C=O) groups is 1. The molecule has 0 saturated carbocycles. The molecule has 4 nitrogen and oxygen atoms in total. The molecule has 0 N–H and O–H groups in total. The lowest BCUT2D eigenvalue weighted by Crippen LogP contribution is -2.50. The number of ether oxygens (including phenoxy) is 1. The summed E-state index contributed by atoms with van der Waals surface area (Å²) in [5, 5.41) is 0. The second-order valence-corrected chi connectivity index (χ2v) is 10.8. The van der Waals surface area contributed by atoms with Crippen LogP contribution in [-0.2, 0) is 16.6 Å². The minimum atomic E-state index is -0.542. The number of benzene rings is 2. The van der Waals surface area contributed by atoms with Gasteiger partial charge in [-0.2, -0.15) is 0 Å². The van der Waals surface area contributed by atoms with Gasteiger partial charge < -0.3 is 4.74 Å². The van der Waals surface area contributed by atoms with Gasteiger partial charge in [0.2, 0.25) is 0 Å². The molecule has 0 radical (unpaired) electrons. The number of para-hydroxylation sites is 1. The van der Waals surface area contributed by atoms with Crippen LogP contribution in [0.3, 0.4) is 0 Å². The molecule has 0 saturated heterocycles. The van der Waals surface area contributed by atoms with E-state index in [0.717, 1.165) is 23.4 Å². The molecule has 164 valence electrons. The largest absolute Gasteiger partial charge is 0.443 e. The summed E-state index contributed by atoms with van der Waals surface area (Å²) < 4.78 is 5.76. The van der Waals surface area contributed by atoms with Crippen molar-refractivity contribution >= 4 is 17.5 Å². The van der Waals surface area contributed by atoms with Gasteiger partial charge in [0.15, 0.2) is 0 Å². The van der Waals surface area contributed by atoms with Crippen molar-refractivity contribution in [1.82, 2.24) is 0 Å². The van der Waals surface area contributed by atoms with Gasteiger partial charge in [-0.3, -0.25) is 9.89 Å². The molecule has 2 aliphatic rings. The van der Waals surface area contributed by atoms with Crippen molar-refractivity contribution in [2.75, 3.05) is 11.4 Å². The summed E-state index contributed by atoms with van der Waals surface area (Å²) in [6, 6.07) is 16.8. The van der Waals surface area contributed by atoms with Gasteiger partial charge >= 0.3 is 6.09 Å². The molecule has 4 heteroatoms. The van der Waals surface area contributed by atoms with Crippen LogP contribution in [0.1, 0.15) is 65.2 Å². The smallest absolute Gasteiger partial charge is 0.414 e. The zero-order chi connectivity index (χ0) is 22.6. The number of nitrogens with zero attached hydrogens (tertiary/aromatic N) is 2. The van der Waals surface area contributed by atoms with E-state index in [1.54, 1.807) is 4.90 Å². The van der Waals surface area contributed by atoms with Crippen molar-refractivity contribution < 1.29 is 9.53 Å². The van der Waals surface area contributed by atoms with E-state index in [1.165, 1.54) is 11.1 Å². The normalized spacial score (nSPS) is 21.6. The highest BCUT2D eigenvalue weighted by Gasteiger charge is 2.45. The van der Waals surface area contributed by atoms with E-state index in [0.29, 0.717) is 6.54 Å². The number of fused-ring (bicyclic) bond motifs is 2. The number of carbonyl (C=O) groups excluding carboxylic acids is 1. The number of anilines is 1. The van der Waals surface area contributed by atoms with Gasteiger partial charge in [0.25, 0.3) is 0 Å². The topological polar surface area (TPSA) is 41.9 Å². The van der Waals surface area contributed by atoms with Crippen LogP contribution >= 0.6 is 0 Å². The molecule has 1 atom stereocenters. The predicted octanol–water partition coefficient (Wildman–Crippen LogP) is 6.16. The fourth-order valence-corrected chi connectivity index (χ4v) is 4.66. The van der Waals surface area contributed by atoms with Crippen molar-refractivity contribution in [2.24, 2.45) is 10.9 Å². The van der Waals surface area contributed by atoms with Gasteiger partial charge in [0.1, 0.15) is 5.60 Å². The van der Waals surface area contributed by atoms with E-state index in [4.69, 9.17) is 9.73 Å². The third-order valence-electron chi connectivity index (χ3n) is 6.96. The highest BCUT2D eigenvalue weighted by Crippen LogP contribution is 2.45. The second kappa shape index (κ2) is 7.22. The first kappa shape index (κ1) is 21.6. The highest BCUT2D eigenvalue weighted by molar-refractivity contribution is 6.06. The molecular weight excluding hydrogens is 384 g/mol. The molecule has 0 aliphatic carbocycles. The van der Waals surface area contributed by atoms with Gasteiger partial charge in [0.05, 0.1) is 11.2 Å². The Kier molecular flexibility index (Phi) is 5.03. The van der Waals surface area contributed by atoms with Gasteiger partial charge in [-0.1, -0.05) is 56.3 Å². The SMILES string of the molecule is CC(C)(C)OC(=O)N1CC(C2=NC(C)(C)C(C)(C)c3ccccc32)Cc2ccccc21. The lowest BCUT2D eigenvalue weighted by molar-refractivity contribution is 0.0575. The molecule has 2 aromatic rings. The Morgan fingerprint density at radius 3 is 2.39 bits per heavy atom. The Hall–Kier alpha value is -2.62. The molecule has 0 fully saturated rings. The Bertz CT molecular complexity index is 1040. The van der Waals surface area contributed by atoms with Crippen LogP contribution in [0, 0.1) is 5.92 Å². The summed E-state index contributed by atoms with van der Waals surface area (Å²) in [5.74, 6) is 0.110. The van der Waals surface area contributed by atoms with Crippen molar-refractivity contribution in [3.8, 4) is 0 Å². The van der Waals surface area contributed by atoms with Gasteiger partial charge in [0, 0.05) is 23.6 Å². The fourth-order valence-electron chi connectivity index (χ4n) is 4.66. The molecule has 4 rings (SSSR count). The molecule has 0 bridgehead atoms. The fraction of sp³-hybridized carbons (Fsp3) is 0.481. The summed E-state index contributed by atoms with van der Waals surface area (Å²) in [6.45, 7) is 15.3. The van der Waals surface area contributed by atoms with Crippen LogP contribution in [0.4, 0.5) is 10.5 Å². The van der Waals surface area contributed by atoms with Crippen LogP contribution in [0.15, 0.2) is 53.5 Å². The maximum Gasteiger partial charge on any atom is 0.414 e. The average Bonchev–Trinajstić information content (AvgIpc) is 2.69. The lowest BCUT2D eigenvalue weighted by atomic mass is 9.65. The summed E-state index contributed by atoms with van der Waals surface area (Å²) in [4.78, 5) is 20.3. The Morgan fingerprint density at radius 2 is 1.68 bits per heavy atom. The van der Waals surface area contributed by atoms with Crippen LogP contribution in [0.2, 0.25) is 0 Å². The van der Waals surface area contributed by atoms with E-state index in [2.05, 4.69) is 58.0 Å². The molecular formula is C27H34N2O2. The molecule has 2 aliphatic heterocycles. The van der Waals surface area contributed by atoms with Crippen molar-refractivity contribution in [3.05, 3.63) is 65.2 Å². The zero-order valence-electron chi connectivity index (χ0n) is 19.8. The van der Waals surface area contributed by atoms with Crippen LogP contribution in [-0.4, -0.2) is 29.5 Å². The molecule has 1 unspecified atom stereocenters. The average molecular weight is 419 g/mol. The lowest BCUT2D eigenvalue weighted by Gasteiger charge is -2.46. The first-order valence-corrected chi connectivity index (χ1v) is 11.2. The van der Waals surface area contributed by atoms with Crippen LogP contribution in [0.25, 0.3) is 0 Å². The van der Waals surface area contributed by atoms with Crippen molar-refractivity contribution in [3.63, 3.8) is 0 Å². The van der Waals surface area contributed by atoms with Gasteiger partial charge in [-0.15, -0.1) is 0 Å². The summed E-state index contributed by atoms with van der Waals surface area (Å²) in [7, 11) is 0. The highest BCUT2D eigenvalue weighted by atomic mass is 16.6.